The van der Waals surface area contributed by atoms with E-state index in [2.05, 4.69) is 198 Å². The van der Waals surface area contributed by atoms with Gasteiger partial charge in [-0.2, -0.15) is 0 Å². The molecular weight excluding hydrogens is 695 g/mol. The second kappa shape index (κ2) is 14.7. The van der Waals surface area contributed by atoms with Crippen LogP contribution in [0.5, 0.6) is 0 Å². The Labute approximate surface area is 337 Å². The third-order valence-electron chi connectivity index (χ3n) is 11.4. The highest BCUT2D eigenvalue weighted by molar-refractivity contribution is 5.82. The van der Waals surface area contributed by atoms with Crippen molar-refractivity contribution in [3.8, 4) is 28.5 Å². The molecule has 2 aliphatic heterocycles. The second-order valence-electron chi connectivity index (χ2n) is 15.6. The van der Waals surface area contributed by atoms with Crippen molar-refractivity contribution in [3.05, 3.63) is 211 Å². The summed E-state index contributed by atoms with van der Waals surface area (Å²) < 4.78 is 1.95. The number of nitrogens with zero attached hydrogens (tertiary/aromatic N) is 5. The fourth-order valence-electron chi connectivity index (χ4n) is 8.63. The molecule has 1 aromatic heterocycles. The Morgan fingerprint density at radius 1 is 0.509 bits per heavy atom. The van der Waals surface area contributed by atoms with E-state index >= 15 is 0 Å². The molecule has 5 heteroatoms. The lowest BCUT2D eigenvalue weighted by molar-refractivity contribution is 0.621. The number of hydrogen-bond acceptors (Lipinski definition) is 4. The Hall–Kier alpha value is -6.72. The number of hydrogen-bond donors (Lipinski definition) is 0. The summed E-state index contributed by atoms with van der Waals surface area (Å²) in [6.45, 7) is 21.7. The number of para-hydroxylation sites is 3. The average molecular weight is 744 g/mol. The zero-order chi connectivity index (χ0) is 39.9. The molecule has 5 nitrogen and oxygen atoms in total. The van der Waals surface area contributed by atoms with Crippen molar-refractivity contribution in [2.45, 2.75) is 52.4 Å². The van der Waals surface area contributed by atoms with Crippen molar-refractivity contribution in [1.29, 1.82) is 0 Å². The lowest BCUT2D eigenvalue weighted by atomic mass is 9.73. The van der Waals surface area contributed by atoms with Crippen LogP contribution in [0.2, 0.25) is 0 Å². The highest BCUT2D eigenvalue weighted by atomic mass is 15.4. The first kappa shape index (κ1) is 37.2. The van der Waals surface area contributed by atoms with Crippen molar-refractivity contribution in [2.24, 2.45) is 0 Å². The molecule has 282 valence electrons. The second-order valence-corrected chi connectivity index (χ2v) is 15.6. The molecule has 0 saturated heterocycles. The molecule has 3 heterocycles. The first-order chi connectivity index (χ1) is 27.6. The maximum Gasteiger partial charge on any atom is 0.182 e. The molecule has 0 bridgehead atoms. The van der Waals surface area contributed by atoms with Crippen LogP contribution in [0.25, 0.3) is 28.5 Å². The summed E-state index contributed by atoms with van der Waals surface area (Å²) in [5, 5.41) is 5.13. The first-order valence-corrected chi connectivity index (χ1v) is 19.7. The maximum absolute atomic E-state index is 5.22. The van der Waals surface area contributed by atoms with Gasteiger partial charge in [0, 0.05) is 44.7 Å². The van der Waals surface area contributed by atoms with Crippen LogP contribution in [-0.2, 0) is 10.8 Å². The average Bonchev–Trinajstić information content (AvgIpc) is 3.68. The molecule has 57 heavy (non-hydrogen) atoms. The Kier molecular flexibility index (Phi) is 9.62. The van der Waals surface area contributed by atoms with Crippen LogP contribution in [0, 0.1) is 0 Å². The summed E-state index contributed by atoms with van der Waals surface area (Å²) in [5.74, 6) is 1.42. The van der Waals surface area contributed by atoms with E-state index in [0.717, 1.165) is 56.8 Å². The van der Waals surface area contributed by atoms with Gasteiger partial charge in [0.1, 0.15) is 0 Å². The molecule has 0 unspecified atom stereocenters. The van der Waals surface area contributed by atoms with Crippen LogP contribution in [0.4, 0.5) is 22.7 Å². The van der Waals surface area contributed by atoms with Crippen molar-refractivity contribution in [3.63, 3.8) is 0 Å². The van der Waals surface area contributed by atoms with E-state index in [4.69, 9.17) is 10.1 Å². The topological polar surface area (TPSA) is 37.2 Å². The van der Waals surface area contributed by atoms with Gasteiger partial charge in [0.15, 0.2) is 11.6 Å². The number of aromatic nitrogens is 3. The monoisotopic (exact) mass is 743 g/mol. The summed E-state index contributed by atoms with van der Waals surface area (Å²) in [6, 6.07) is 44.8. The molecule has 5 aromatic carbocycles. The van der Waals surface area contributed by atoms with Gasteiger partial charge in [0.2, 0.25) is 0 Å². The Morgan fingerprint density at radius 2 is 0.947 bits per heavy atom. The molecule has 0 atom stereocenters. The minimum absolute atomic E-state index is 0.193. The molecule has 0 spiro atoms. The molecule has 8 rings (SSSR count). The van der Waals surface area contributed by atoms with Crippen LogP contribution in [0.3, 0.4) is 0 Å². The predicted octanol–water partition coefficient (Wildman–Crippen LogP) is 13.5. The van der Waals surface area contributed by atoms with Gasteiger partial charge in [0.05, 0.1) is 17.1 Å². The summed E-state index contributed by atoms with van der Waals surface area (Å²) >= 11 is 0. The summed E-state index contributed by atoms with van der Waals surface area (Å²) in [5.41, 5.74) is 14.0. The third kappa shape index (κ3) is 6.20. The predicted molar refractivity (Wildman–Crippen MR) is 240 cm³/mol. The number of benzene rings is 5. The Morgan fingerprint density at radius 3 is 1.40 bits per heavy atom. The van der Waals surface area contributed by atoms with E-state index in [1.165, 1.54) is 22.3 Å². The molecule has 0 amide bonds. The Balaban J connectivity index is 1.20. The fourth-order valence-corrected chi connectivity index (χ4v) is 8.63. The van der Waals surface area contributed by atoms with Crippen LogP contribution in [0.15, 0.2) is 200 Å². The van der Waals surface area contributed by atoms with Gasteiger partial charge in [0.25, 0.3) is 0 Å². The fraction of sp³-hybridized carbons (Fsp3) is 0.154. The van der Waals surface area contributed by atoms with E-state index in [1.807, 2.05) is 35.0 Å². The number of allylic oxidation sites excluding steroid dienone is 8. The number of fused-ring (bicyclic) bond motifs is 2. The zero-order valence-electron chi connectivity index (χ0n) is 33.7. The van der Waals surface area contributed by atoms with Gasteiger partial charge >= 0.3 is 0 Å². The highest BCUT2D eigenvalue weighted by Gasteiger charge is 2.38. The van der Waals surface area contributed by atoms with Crippen LogP contribution < -0.4 is 9.80 Å². The zero-order valence-corrected chi connectivity index (χ0v) is 33.7. The first-order valence-electron chi connectivity index (χ1n) is 19.7. The van der Waals surface area contributed by atoms with E-state index in [1.54, 1.807) is 0 Å². The van der Waals surface area contributed by atoms with Crippen molar-refractivity contribution in [2.75, 3.05) is 9.80 Å². The van der Waals surface area contributed by atoms with Gasteiger partial charge in [-0.3, -0.25) is 0 Å². The van der Waals surface area contributed by atoms with Crippen LogP contribution in [-0.4, -0.2) is 14.8 Å². The van der Waals surface area contributed by atoms with Gasteiger partial charge < -0.3 is 9.80 Å². The third-order valence-corrected chi connectivity index (χ3v) is 11.4. The van der Waals surface area contributed by atoms with Crippen molar-refractivity contribution < 1.29 is 0 Å². The number of rotatable bonds is 9. The molecule has 6 aromatic rings. The highest BCUT2D eigenvalue weighted by Crippen LogP contribution is 2.50. The summed E-state index contributed by atoms with van der Waals surface area (Å²) in [4.78, 5) is 9.89. The van der Waals surface area contributed by atoms with Crippen LogP contribution in [0.1, 0.15) is 52.7 Å². The van der Waals surface area contributed by atoms with Gasteiger partial charge in [-0.05, 0) is 121 Å². The lowest BCUT2D eigenvalue weighted by Gasteiger charge is -2.42. The molecular formula is C52H49N5. The summed E-state index contributed by atoms with van der Waals surface area (Å²) in [7, 11) is 0. The quantitative estimate of drug-likeness (QED) is 0.148. The smallest absolute Gasteiger partial charge is 0.182 e. The van der Waals surface area contributed by atoms with E-state index < -0.39 is 0 Å². The van der Waals surface area contributed by atoms with E-state index in [0.29, 0.717) is 5.82 Å². The van der Waals surface area contributed by atoms with E-state index in [9.17, 15) is 0 Å². The van der Waals surface area contributed by atoms with Crippen molar-refractivity contribution in [1.82, 2.24) is 14.8 Å². The SMILES string of the molecule is C=CC1=C(/C=C\C)N(c2ccc(-c3nc(-c4ccc(N5C(/C=C\C)=C(C=C)C(C)(C)c6ccccc65)cc4)n(-c4ccccc4)n3)cc2)c2ccccc2C1(C)C. The maximum atomic E-state index is 5.22. The normalized spacial score (nSPS) is 16.0. The van der Waals surface area contributed by atoms with Crippen LogP contribution >= 0.6 is 0 Å². The largest absolute Gasteiger partial charge is 0.310 e. The van der Waals surface area contributed by atoms with Gasteiger partial charge in [-0.15, -0.1) is 5.10 Å². The molecule has 2 aliphatic rings. The number of anilines is 4. The van der Waals surface area contributed by atoms with Gasteiger partial charge in [-0.25, -0.2) is 9.67 Å². The minimum atomic E-state index is -0.195. The molecule has 0 aliphatic carbocycles. The summed E-state index contributed by atoms with van der Waals surface area (Å²) in [6.07, 6.45) is 12.6. The Bertz CT molecular complexity index is 2610. The molecule has 0 saturated carbocycles. The van der Waals surface area contributed by atoms with Gasteiger partial charge in [-0.1, -0.05) is 120 Å². The van der Waals surface area contributed by atoms with E-state index in [-0.39, 0.29) is 10.8 Å². The molecule has 0 radical (unpaired) electrons. The molecule has 0 N–H and O–H groups in total. The minimum Gasteiger partial charge on any atom is -0.310 e. The standard InChI is InChI=1S/C52H49N5/c1-9-20-45-41(11-3)51(5,6)43-24-16-18-26-47(43)55(45)38-32-28-36(29-33-38)49-53-50(57(54-49)40-22-14-13-15-23-40)37-30-34-39(35-31-37)56-46(21-10-2)42(12-4)52(7,8)44-25-17-19-27-48(44)56/h9-35H,3-4H2,1-2,5-8H3/b20-9-,21-10-. The van der Waals surface area contributed by atoms with Crippen molar-refractivity contribution >= 4 is 22.7 Å². The lowest BCUT2D eigenvalue weighted by Crippen LogP contribution is -2.33. The molecule has 0 fully saturated rings.